The molecule has 0 bridgehead atoms. The second-order valence-electron chi connectivity index (χ2n) is 11.3. The average molecular weight is 780 g/mol. The molecule has 0 aliphatic heterocycles. The summed E-state index contributed by atoms with van der Waals surface area (Å²) in [5.41, 5.74) is 0.588. The highest BCUT2D eigenvalue weighted by atomic mass is 32.2. The molecule has 0 radical (unpaired) electrons. The van der Waals surface area contributed by atoms with Gasteiger partial charge in [0, 0.05) is 28.2 Å². The summed E-state index contributed by atoms with van der Waals surface area (Å²) in [4.78, 5) is 38.1. The van der Waals surface area contributed by atoms with Crippen LogP contribution in [0.5, 0.6) is 6.01 Å². The van der Waals surface area contributed by atoms with E-state index in [0.717, 1.165) is 6.07 Å². The van der Waals surface area contributed by atoms with Gasteiger partial charge in [0.15, 0.2) is 5.78 Å². The van der Waals surface area contributed by atoms with E-state index in [1.807, 2.05) is 0 Å². The Bertz CT molecular complexity index is 2970. The molecule has 0 atom stereocenters. The van der Waals surface area contributed by atoms with Gasteiger partial charge in [-0.2, -0.15) is 40.2 Å². The first-order valence-corrected chi connectivity index (χ1v) is 19.0. The lowest BCUT2D eigenvalue weighted by molar-refractivity contribution is 0.104. The van der Waals surface area contributed by atoms with E-state index in [1.54, 1.807) is 24.3 Å². The number of nitrogens with zero attached hydrogens (tertiary/aromatic N) is 3. The van der Waals surface area contributed by atoms with Gasteiger partial charge in [0.05, 0.1) is 27.5 Å². The number of hydrogen-bond acceptors (Lipinski definition) is 15. The highest BCUT2D eigenvalue weighted by molar-refractivity contribution is 7.86. The van der Waals surface area contributed by atoms with Crippen LogP contribution in [-0.2, 0) is 30.4 Å². The van der Waals surface area contributed by atoms with E-state index in [4.69, 9.17) is 0 Å². The number of aromatic amines is 1. The van der Waals surface area contributed by atoms with E-state index in [9.17, 15) is 53.6 Å². The fourth-order valence-electron chi connectivity index (χ4n) is 5.76. The highest BCUT2D eigenvalue weighted by Gasteiger charge is 2.29. The normalized spacial score (nSPS) is 12.7. The average Bonchev–Trinajstić information content (AvgIpc) is 3.06. The Balaban J connectivity index is 1.28. The zero-order valence-electron chi connectivity index (χ0n) is 26.1. The van der Waals surface area contributed by atoms with Crippen LogP contribution in [0.4, 0.5) is 34.6 Å². The van der Waals surface area contributed by atoms with Crippen LogP contribution >= 0.6 is 0 Å². The Hall–Kier alpha value is -6.30. The van der Waals surface area contributed by atoms with Crippen LogP contribution in [0.1, 0.15) is 15.9 Å². The third kappa shape index (κ3) is 6.75. The number of anilines is 6. The first-order valence-electron chi connectivity index (χ1n) is 14.7. The topological polar surface area (TPSA) is 308 Å². The molecule has 22 heteroatoms. The van der Waals surface area contributed by atoms with Crippen LogP contribution in [0, 0.1) is 0 Å². The lowest BCUT2D eigenvalue weighted by Crippen LogP contribution is -2.16. The summed E-state index contributed by atoms with van der Waals surface area (Å²) in [6.45, 7) is 0. The van der Waals surface area contributed by atoms with Gasteiger partial charge in [0.2, 0.25) is 17.5 Å². The molecule has 53 heavy (non-hydrogen) atoms. The van der Waals surface area contributed by atoms with Crippen LogP contribution in [0.3, 0.4) is 0 Å². The monoisotopic (exact) mass is 779 g/mol. The fourth-order valence-corrected chi connectivity index (χ4v) is 7.52. The number of aromatic nitrogens is 4. The number of hydrogen-bond donors (Lipinski definition) is 8. The van der Waals surface area contributed by atoms with Crippen molar-refractivity contribution in [2.75, 3.05) is 16.0 Å². The summed E-state index contributed by atoms with van der Waals surface area (Å²) in [6.07, 6.45) is 0. The second kappa shape index (κ2) is 12.4. The number of carbonyl (C=O) groups is 1. The maximum absolute atomic E-state index is 13.9. The molecule has 8 N–H and O–H groups in total. The maximum Gasteiger partial charge on any atom is 0.320 e. The molecule has 0 unspecified atom stereocenters. The minimum absolute atomic E-state index is 0.0274. The number of nitrogens with one attached hydrogen (secondary N) is 4. The van der Waals surface area contributed by atoms with Gasteiger partial charge in [-0.1, -0.05) is 24.3 Å². The summed E-state index contributed by atoms with van der Waals surface area (Å²) in [6, 6.07) is 15.4. The van der Waals surface area contributed by atoms with E-state index in [-0.39, 0.29) is 22.6 Å². The number of rotatable bonds is 9. The van der Waals surface area contributed by atoms with Crippen molar-refractivity contribution in [3.05, 3.63) is 100 Å². The molecule has 1 aliphatic carbocycles. The second-order valence-corrected chi connectivity index (χ2v) is 15.5. The summed E-state index contributed by atoms with van der Waals surface area (Å²) < 4.78 is 101. The summed E-state index contributed by atoms with van der Waals surface area (Å²) in [5.74, 6) is -1.46. The Morgan fingerprint density at radius 1 is 0.585 bits per heavy atom. The minimum Gasteiger partial charge on any atom is -0.479 e. The van der Waals surface area contributed by atoms with Gasteiger partial charge in [-0.3, -0.25) is 23.2 Å². The standard InChI is InChI=1S/C31H21N7O12S3/c39-25-13-18-16-3-1-2-4-17(16)28(40)27-20(8-7-19(34-25)26(18)27)33-21-11-14(5-9-23(21)52(45,46)47)32-29-36-30(38-31(41)37-29)35-22-12-15(51(42,43)44)6-10-24(22)53(48,49)50/h1-13,33H,(H,34,39)(H,42,43,44)(H,45,46,47)(H,48,49,50)(H3,32,35,36,37,38,41). The predicted molar refractivity (Wildman–Crippen MR) is 187 cm³/mol. The van der Waals surface area contributed by atoms with Crippen LogP contribution in [0.15, 0.2) is 98.3 Å². The van der Waals surface area contributed by atoms with E-state index in [2.05, 4.69) is 35.9 Å². The lowest BCUT2D eigenvalue weighted by Gasteiger charge is -2.23. The van der Waals surface area contributed by atoms with Gasteiger partial charge in [-0.05, 0) is 59.7 Å². The number of aromatic hydroxyl groups is 1. The molecule has 1 aliphatic rings. The Labute approximate surface area is 297 Å². The smallest absolute Gasteiger partial charge is 0.320 e. The molecule has 270 valence electrons. The van der Waals surface area contributed by atoms with Crippen LogP contribution in [0.25, 0.3) is 22.0 Å². The number of pyridine rings is 1. The van der Waals surface area contributed by atoms with Crippen molar-refractivity contribution in [1.82, 2.24) is 19.9 Å². The molecule has 19 nitrogen and oxygen atoms in total. The molecule has 0 saturated carbocycles. The first kappa shape index (κ1) is 35.1. The van der Waals surface area contributed by atoms with Crippen LogP contribution < -0.4 is 21.5 Å². The maximum atomic E-state index is 13.9. The number of carbonyl (C=O) groups excluding carboxylic acids is 1. The molecule has 2 aromatic heterocycles. The minimum atomic E-state index is -4.97. The van der Waals surface area contributed by atoms with E-state index < -0.39 is 80.0 Å². The van der Waals surface area contributed by atoms with E-state index in [1.165, 1.54) is 30.3 Å². The molecule has 6 aromatic rings. The molecule has 0 spiro atoms. The van der Waals surface area contributed by atoms with Crippen molar-refractivity contribution in [1.29, 1.82) is 0 Å². The lowest BCUT2D eigenvalue weighted by atomic mass is 9.83. The van der Waals surface area contributed by atoms with E-state index in [0.29, 0.717) is 45.8 Å². The van der Waals surface area contributed by atoms with Gasteiger partial charge in [0.1, 0.15) is 9.79 Å². The van der Waals surface area contributed by atoms with Crippen molar-refractivity contribution in [3.63, 3.8) is 0 Å². The molecule has 0 fully saturated rings. The number of fused-ring (bicyclic) bond motifs is 2. The Morgan fingerprint density at radius 3 is 1.87 bits per heavy atom. The zero-order valence-corrected chi connectivity index (χ0v) is 28.6. The molecular weight excluding hydrogens is 759 g/mol. The summed E-state index contributed by atoms with van der Waals surface area (Å²) >= 11 is 0. The third-order valence-corrected chi connectivity index (χ3v) is 10.5. The highest BCUT2D eigenvalue weighted by Crippen LogP contribution is 2.42. The Morgan fingerprint density at radius 2 is 1.21 bits per heavy atom. The third-order valence-electron chi connectivity index (χ3n) is 7.88. The molecule has 2 heterocycles. The molecule has 0 saturated heterocycles. The summed E-state index contributed by atoms with van der Waals surface area (Å²) in [7, 11) is -14.7. The number of H-pyrrole nitrogens is 1. The van der Waals surface area contributed by atoms with Crippen molar-refractivity contribution < 1.29 is 48.8 Å². The quantitative estimate of drug-likeness (QED) is 0.0970. The molecule has 0 amide bonds. The van der Waals surface area contributed by atoms with Crippen LogP contribution in [0.2, 0.25) is 0 Å². The predicted octanol–water partition coefficient (Wildman–Crippen LogP) is 3.60. The van der Waals surface area contributed by atoms with E-state index >= 15 is 0 Å². The fraction of sp³-hybridized carbons (Fsp3) is 0. The van der Waals surface area contributed by atoms with Crippen molar-refractivity contribution in [3.8, 4) is 17.1 Å². The molecule has 7 rings (SSSR count). The summed E-state index contributed by atoms with van der Waals surface area (Å²) in [5, 5.41) is 18.5. The van der Waals surface area contributed by atoms with Crippen molar-refractivity contribution in [2.45, 2.75) is 14.7 Å². The Kier molecular flexibility index (Phi) is 8.24. The molecule has 4 aromatic carbocycles. The first-order chi connectivity index (χ1) is 24.9. The van der Waals surface area contributed by atoms with Crippen molar-refractivity contribution >= 4 is 81.7 Å². The van der Waals surface area contributed by atoms with Gasteiger partial charge >= 0.3 is 6.01 Å². The van der Waals surface area contributed by atoms with Gasteiger partial charge < -0.3 is 26.0 Å². The van der Waals surface area contributed by atoms with Gasteiger partial charge in [-0.25, -0.2) is 0 Å². The number of benzene rings is 4. The van der Waals surface area contributed by atoms with Gasteiger partial charge in [-0.15, -0.1) is 0 Å². The SMILES string of the molecule is O=C1c2ccccc2-c2cc(=O)[nH]c3ccc(Nc4cc(Nc5nc(O)nc(Nc6cc(S(=O)(=O)O)ccc6S(=O)(=O)O)n5)ccc4S(=O)(=O)O)c1c23. The van der Waals surface area contributed by atoms with Gasteiger partial charge in [0.25, 0.3) is 30.4 Å². The zero-order chi connectivity index (χ0) is 38.0. The molecular formula is C31H21N7O12S3. The van der Waals surface area contributed by atoms with Crippen molar-refractivity contribution in [2.24, 2.45) is 0 Å². The number of ketones is 1. The largest absolute Gasteiger partial charge is 0.479 e. The van der Waals surface area contributed by atoms with Crippen LogP contribution in [-0.4, -0.2) is 69.7 Å².